The van der Waals surface area contributed by atoms with Gasteiger partial charge in [-0.3, -0.25) is 14.6 Å². The normalized spacial score (nSPS) is 13.4. The lowest BCUT2D eigenvalue weighted by molar-refractivity contribution is -0.153. The quantitative estimate of drug-likeness (QED) is 0.233. The van der Waals surface area contributed by atoms with Crippen LogP contribution in [0, 0.1) is 0 Å². The number of nitrogens with two attached hydrogens (primary N) is 2. The SMILES string of the molecule is N/C(=C\C=C(/N)NC(=O)Cc1cc(OCC(F)(F)F)ccn1)CCC(F)Cn1cc(C=O)nn1. The van der Waals surface area contributed by atoms with E-state index in [0.29, 0.717) is 12.0 Å². The summed E-state index contributed by atoms with van der Waals surface area (Å²) in [5.41, 5.74) is 12.1. The van der Waals surface area contributed by atoms with Crippen LogP contribution in [0.5, 0.6) is 5.75 Å². The van der Waals surface area contributed by atoms with Gasteiger partial charge in [-0.1, -0.05) is 5.21 Å². The average Bonchev–Trinajstić information content (AvgIpc) is 3.22. The van der Waals surface area contributed by atoms with Crippen LogP contribution >= 0.6 is 0 Å². The number of halogens is 4. The van der Waals surface area contributed by atoms with Gasteiger partial charge in [0, 0.05) is 18.0 Å². The molecule has 0 aliphatic carbocycles. The number of alkyl halides is 4. The summed E-state index contributed by atoms with van der Waals surface area (Å²) in [7, 11) is 0. The summed E-state index contributed by atoms with van der Waals surface area (Å²) < 4.78 is 56.6. The summed E-state index contributed by atoms with van der Waals surface area (Å²) in [5.74, 6) is -0.681. The van der Waals surface area contributed by atoms with Crippen molar-refractivity contribution < 1.29 is 31.9 Å². The lowest BCUT2D eigenvalue weighted by Gasteiger charge is -2.10. The van der Waals surface area contributed by atoms with E-state index in [1.807, 2.05) is 0 Å². The van der Waals surface area contributed by atoms with Crippen molar-refractivity contribution in [2.45, 2.75) is 38.2 Å². The monoisotopic (exact) mass is 485 g/mol. The first-order chi connectivity index (χ1) is 16.0. The second kappa shape index (κ2) is 12.3. The molecule has 5 N–H and O–H groups in total. The number of pyridine rings is 1. The van der Waals surface area contributed by atoms with Crippen molar-refractivity contribution in [3.8, 4) is 5.75 Å². The van der Waals surface area contributed by atoms with Crippen molar-refractivity contribution in [1.29, 1.82) is 0 Å². The number of amides is 1. The van der Waals surface area contributed by atoms with E-state index in [0.717, 1.165) is 0 Å². The summed E-state index contributed by atoms with van der Waals surface area (Å²) in [5, 5.41) is 9.54. The average molecular weight is 485 g/mol. The molecule has 0 bridgehead atoms. The van der Waals surface area contributed by atoms with Gasteiger partial charge in [0.15, 0.2) is 12.9 Å². The fourth-order valence-electron chi connectivity index (χ4n) is 2.57. The van der Waals surface area contributed by atoms with Gasteiger partial charge in [-0.15, -0.1) is 5.10 Å². The fraction of sp³-hybridized carbons (Fsp3) is 0.350. The van der Waals surface area contributed by atoms with E-state index in [1.165, 1.54) is 41.4 Å². The van der Waals surface area contributed by atoms with Crippen LogP contribution < -0.4 is 21.5 Å². The number of carbonyl (C=O) groups is 2. The van der Waals surface area contributed by atoms with E-state index in [4.69, 9.17) is 11.5 Å². The van der Waals surface area contributed by atoms with E-state index in [-0.39, 0.29) is 48.8 Å². The molecule has 0 radical (unpaired) electrons. The molecule has 34 heavy (non-hydrogen) atoms. The topological polar surface area (TPSA) is 151 Å². The molecule has 0 aliphatic rings. The standard InChI is InChI=1S/C20H23F4N7O3/c21-13(9-31-10-16(11-32)29-30-31)1-2-14(25)3-4-18(26)28-19(33)8-15-7-17(5-6-27-15)34-12-20(22,23)24/h3-7,10-11,13H,1-2,8-9,12,25-26H2,(H,28,33)/b14-3-,18-4+. The van der Waals surface area contributed by atoms with Crippen LogP contribution in [0.15, 0.2) is 48.2 Å². The third-order valence-corrected chi connectivity index (χ3v) is 4.10. The van der Waals surface area contributed by atoms with Crippen molar-refractivity contribution >= 4 is 12.2 Å². The van der Waals surface area contributed by atoms with Gasteiger partial charge < -0.3 is 21.5 Å². The predicted octanol–water partition coefficient (Wildman–Crippen LogP) is 1.55. The molecule has 1 atom stereocenters. The highest BCUT2D eigenvalue weighted by Gasteiger charge is 2.28. The van der Waals surface area contributed by atoms with Crippen LogP contribution in [0.1, 0.15) is 29.0 Å². The van der Waals surface area contributed by atoms with Crippen molar-refractivity contribution in [1.82, 2.24) is 25.3 Å². The van der Waals surface area contributed by atoms with Gasteiger partial charge >= 0.3 is 6.18 Å². The Hall–Kier alpha value is -3.97. The number of aromatic nitrogens is 4. The molecule has 184 valence electrons. The zero-order valence-corrected chi connectivity index (χ0v) is 17.8. The number of aldehydes is 1. The lowest BCUT2D eigenvalue weighted by atomic mass is 10.1. The van der Waals surface area contributed by atoms with Gasteiger partial charge in [-0.05, 0) is 31.1 Å². The van der Waals surface area contributed by atoms with Gasteiger partial charge in [0.2, 0.25) is 5.91 Å². The van der Waals surface area contributed by atoms with Crippen molar-refractivity contribution in [2.75, 3.05) is 6.61 Å². The van der Waals surface area contributed by atoms with Crippen LogP contribution in [0.25, 0.3) is 0 Å². The smallest absolute Gasteiger partial charge is 0.422 e. The first-order valence-corrected chi connectivity index (χ1v) is 9.89. The summed E-state index contributed by atoms with van der Waals surface area (Å²) in [6, 6.07) is 2.46. The van der Waals surface area contributed by atoms with Crippen molar-refractivity contribution in [3.63, 3.8) is 0 Å². The Morgan fingerprint density at radius 2 is 2.06 bits per heavy atom. The molecule has 0 fully saturated rings. The molecule has 2 aromatic rings. The Labute approximate surface area is 191 Å². The van der Waals surface area contributed by atoms with Gasteiger partial charge in [0.25, 0.3) is 0 Å². The largest absolute Gasteiger partial charge is 0.484 e. The van der Waals surface area contributed by atoms with Crippen LogP contribution in [0.3, 0.4) is 0 Å². The highest BCUT2D eigenvalue weighted by atomic mass is 19.4. The second-order valence-electron chi connectivity index (χ2n) is 7.09. The Morgan fingerprint density at radius 1 is 1.29 bits per heavy atom. The third kappa shape index (κ3) is 10.1. The number of hydrogen-bond donors (Lipinski definition) is 3. The van der Waals surface area contributed by atoms with Gasteiger partial charge in [-0.25, -0.2) is 9.07 Å². The molecule has 2 rings (SSSR count). The Morgan fingerprint density at radius 3 is 2.74 bits per heavy atom. The van der Waals surface area contributed by atoms with Gasteiger partial charge in [-0.2, -0.15) is 13.2 Å². The molecule has 1 amide bonds. The van der Waals surface area contributed by atoms with Gasteiger partial charge in [0.1, 0.15) is 23.4 Å². The molecule has 2 aromatic heterocycles. The van der Waals surface area contributed by atoms with E-state index >= 15 is 0 Å². The first-order valence-electron chi connectivity index (χ1n) is 9.89. The maximum Gasteiger partial charge on any atom is 0.422 e. The van der Waals surface area contributed by atoms with E-state index < -0.39 is 24.9 Å². The minimum atomic E-state index is -4.49. The molecule has 0 aromatic carbocycles. The molecular weight excluding hydrogens is 462 g/mol. The lowest BCUT2D eigenvalue weighted by Crippen LogP contribution is -2.29. The van der Waals surface area contributed by atoms with Crippen molar-refractivity contribution in [2.24, 2.45) is 11.5 Å². The van der Waals surface area contributed by atoms with E-state index in [1.54, 1.807) is 0 Å². The first kappa shape index (κ1) is 26.3. The van der Waals surface area contributed by atoms with Crippen molar-refractivity contribution in [3.05, 3.63) is 59.6 Å². The fourth-order valence-corrected chi connectivity index (χ4v) is 2.57. The van der Waals surface area contributed by atoms with Gasteiger partial charge in [0.05, 0.1) is 24.9 Å². The second-order valence-corrected chi connectivity index (χ2v) is 7.09. The summed E-state index contributed by atoms with van der Waals surface area (Å²) in [6.45, 7) is -1.55. The Bertz CT molecular complexity index is 1040. The number of allylic oxidation sites excluding steroid dienone is 3. The third-order valence-electron chi connectivity index (χ3n) is 4.10. The number of carbonyl (C=O) groups excluding carboxylic acids is 2. The molecular formula is C20H23F4N7O3. The maximum atomic E-state index is 14.0. The maximum absolute atomic E-state index is 14.0. The molecule has 1 unspecified atom stereocenters. The number of rotatable bonds is 12. The molecule has 14 heteroatoms. The number of hydrogen-bond acceptors (Lipinski definition) is 8. The van der Waals surface area contributed by atoms with E-state index in [2.05, 4.69) is 25.3 Å². The number of nitrogens with zero attached hydrogens (tertiary/aromatic N) is 4. The van der Waals surface area contributed by atoms with Crippen LogP contribution in [-0.4, -0.2) is 51.1 Å². The molecule has 2 heterocycles. The highest BCUT2D eigenvalue weighted by molar-refractivity contribution is 5.79. The van der Waals surface area contributed by atoms with Crippen LogP contribution in [0.4, 0.5) is 17.6 Å². The summed E-state index contributed by atoms with van der Waals surface area (Å²) in [4.78, 5) is 26.5. The Balaban J connectivity index is 1.78. The Kier molecular flexibility index (Phi) is 9.52. The molecule has 0 aliphatic heterocycles. The summed E-state index contributed by atoms with van der Waals surface area (Å²) in [6.07, 6.45) is 0.0426. The minimum absolute atomic E-state index is 0.0433. The number of ether oxygens (including phenoxy) is 1. The van der Waals surface area contributed by atoms with Crippen LogP contribution in [0.2, 0.25) is 0 Å². The predicted molar refractivity (Wildman–Crippen MR) is 112 cm³/mol. The molecule has 0 spiro atoms. The zero-order valence-electron chi connectivity index (χ0n) is 17.8. The molecule has 10 nitrogen and oxygen atoms in total. The molecule has 0 saturated heterocycles. The highest BCUT2D eigenvalue weighted by Crippen LogP contribution is 2.18. The number of nitrogens with one attached hydrogen (secondary N) is 1. The van der Waals surface area contributed by atoms with E-state index in [9.17, 15) is 27.2 Å². The van der Waals surface area contributed by atoms with Crippen LogP contribution in [-0.2, 0) is 17.8 Å². The minimum Gasteiger partial charge on any atom is -0.484 e. The molecule has 0 saturated carbocycles. The zero-order chi connectivity index (χ0) is 25.1. The summed E-state index contributed by atoms with van der Waals surface area (Å²) >= 11 is 0.